The molecule has 1 aliphatic rings. The molecule has 0 saturated heterocycles. The summed E-state index contributed by atoms with van der Waals surface area (Å²) in [6.45, 7) is 0.360. The SMILES string of the molecule is FC(F)(F)c1cc([B-](c2cc(C(F)(F)F)cc(C(F)(F)F)c2)(c2cc(C(F)(F)F)cc(C(F)(F)F)c2)c2cc(C(F)(F)F)cc(C(F)(F)F)c2)cc(C(F)(F)F)c1.O=C(C[n+]1ccncc1C1=CCCCC1)c1ccccc1. The third-order valence-corrected chi connectivity index (χ3v) is 12.3. The van der Waals surface area contributed by atoms with Gasteiger partial charge in [-0.25, -0.2) is 0 Å². The molecule has 0 unspecified atom stereocenters. The number of benzene rings is 5. The standard InChI is InChI=1S/C32H12BF24.C18H19N2O/c34-25(35,36)13-1-14(26(37,38)39)6-21(5-13)33(22-7-15(27(40,41)42)2-16(8-22)28(43,44)45,23-9-17(29(46,47)48)3-18(10-23)30(49,50)51)24-11-19(31(52,53)54)4-20(12-24)32(55,56)57;21-18(16-9-5-2-6-10-16)14-20-12-11-19-13-17(20)15-7-3-1-4-8-15/h1-12H;2,5-7,9-13H,1,3-4,8,14H2/q-1;+1. The van der Waals surface area contributed by atoms with Gasteiger partial charge in [-0.3, -0.25) is 9.78 Å². The van der Waals surface area contributed by atoms with Gasteiger partial charge >= 0.3 is 49.4 Å². The van der Waals surface area contributed by atoms with E-state index in [1.54, 1.807) is 6.20 Å². The van der Waals surface area contributed by atoms with Gasteiger partial charge in [0.05, 0.1) is 56.9 Å². The fourth-order valence-corrected chi connectivity index (χ4v) is 8.80. The van der Waals surface area contributed by atoms with Crippen molar-refractivity contribution in [2.24, 2.45) is 0 Å². The molecule has 0 fully saturated rings. The maximum atomic E-state index is 14.2. The number of nitrogens with zero attached hydrogens (tertiary/aromatic N) is 2. The van der Waals surface area contributed by atoms with E-state index >= 15 is 0 Å². The highest BCUT2D eigenvalue weighted by atomic mass is 19.4. The molecule has 7 rings (SSSR count). The van der Waals surface area contributed by atoms with E-state index < -0.39 is 195 Å². The van der Waals surface area contributed by atoms with Gasteiger partial charge in [0.25, 0.3) is 0 Å². The van der Waals surface area contributed by atoms with Crippen LogP contribution in [-0.2, 0) is 56.0 Å². The lowest BCUT2D eigenvalue weighted by Gasteiger charge is -2.46. The number of Topliss-reactive ketones (excluding diaryl/α,β-unsaturated/α-hetero) is 1. The Kier molecular flexibility index (Phi) is 16.5. The lowest BCUT2D eigenvalue weighted by molar-refractivity contribution is -0.686. The molecule has 6 aromatic rings. The molecule has 0 atom stereocenters. The number of aromatic nitrogens is 2. The number of carbonyl (C=O) groups excluding carboxylic acids is 1. The van der Waals surface area contributed by atoms with Gasteiger partial charge in [-0.1, -0.05) is 84.9 Å². The molecule has 0 spiro atoms. The highest BCUT2D eigenvalue weighted by molar-refractivity contribution is 7.20. The van der Waals surface area contributed by atoms with E-state index in [0.717, 1.165) is 24.1 Å². The normalized spacial score (nSPS) is 14.4. The van der Waals surface area contributed by atoms with Crippen molar-refractivity contribution in [2.75, 3.05) is 0 Å². The Balaban J connectivity index is 0.000000387. The summed E-state index contributed by atoms with van der Waals surface area (Å²) in [5.74, 6) is 0.129. The molecule has 0 N–H and O–H groups in total. The Bertz CT molecular complexity index is 2740. The van der Waals surface area contributed by atoms with Gasteiger partial charge in [-0.2, -0.15) is 132 Å². The van der Waals surface area contributed by atoms with E-state index in [9.17, 15) is 110 Å². The molecular formula is C50H31BF24N2O. The summed E-state index contributed by atoms with van der Waals surface area (Å²) in [5, 5.41) is 0. The van der Waals surface area contributed by atoms with Crippen LogP contribution in [0.1, 0.15) is 86.2 Å². The zero-order chi connectivity index (χ0) is 58.4. The third kappa shape index (κ3) is 13.8. The van der Waals surface area contributed by atoms with E-state index in [-0.39, 0.29) is 5.78 Å². The van der Waals surface area contributed by atoms with Gasteiger partial charge in [-0.15, -0.1) is 0 Å². The maximum absolute atomic E-state index is 14.2. The zero-order valence-electron chi connectivity index (χ0n) is 38.6. The van der Waals surface area contributed by atoms with Crippen LogP contribution in [0, 0.1) is 0 Å². The van der Waals surface area contributed by atoms with Crippen molar-refractivity contribution in [1.82, 2.24) is 4.98 Å². The van der Waals surface area contributed by atoms with Gasteiger partial charge in [-0.05, 0) is 49.9 Å². The summed E-state index contributed by atoms with van der Waals surface area (Å²) >= 11 is 0. The Labute approximate surface area is 423 Å². The maximum Gasteiger partial charge on any atom is 0.416 e. The molecule has 78 heavy (non-hydrogen) atoms. The lowest BCUT2D eigenvalue weighted by atomic mass is 9.12. The van der Waals surface area contributed by atoms with Crippen molar-refractivity contribution < 1.29 is 115 Å². The van der Waals surface area contributed by atoms with Gasteiger partial charge in [0.2, 0.25) is 18.0 Å². The summed E-state index contributed by atoms with van der Waals surface area (Å²) < 4.78 is 343. The predicted molar refractivity (Wildman–Crippen MR) is 232 cm³/mol. The Morgan fingerprint density at radius 1 is 0.436 bits per heavy atom. The topological polar surface area (TPSA) is 33.8 Å². The molecule has 1 aromatic heterocycles. The van der Waals surface area contributed by atoms with Gasteiger partial charge in [0, 0.05) is 11.1 Å². The van der Waals surface area contributed by atoms with Crippen LogP contribution in [0.4, 0.5) is 105 Å². The first-order valence-corrected chi connectivity index (χ1v) is 22.1. The number of ketones is 1. The van der Waals surface area contributed by atoms with Crippen molar-refractivity contribution in [3.8, 4) is 0 Å². The van der Waals surface area contributed by atoms with Crippen molar-refractivity contribution in [1.29, 1.82) is 0 Å². The van der Waals surface area contributed by atoms with E-state index in [1.165, 1.54) is 18.4 Å². The first-order chi connectivity index (χ1) is 35.6. The summed E-state index contributed by atoms with van der Waals surface area (Å²) in [6, 6.07) is 0.640. The minimum Gasteiger partial charge on any atom is -0.287 e. The predicted octanol–water partition coefficient (Wildman–Crippen LogP) is 14.4. The third-order valence-electron chi connectivity index (χ3n) is 12.3. The van der Waals surface area contributed by atoms with Crippen molar-refractivity contribution in [2.45, 2.75) is 81.6 Å². The van der Waals surface area contributed by atoms with Crippen LogP contribution in [0.25, 0.3) is 5.57 Å². The minimum absolute atomic E-state index is 0.129. The molecule has 28 heteroatoms. The Morgan fingerprint density at radius 2 is 0.744 bits per heavy atom. The number of allylic oxidation sites excluding steroid dienone is 2. The number of hydrogen-bond acceptors (Lipinski definition) is 2. The smallest absolute Gasteiger partial charge is 0.287 e. The summed E-state index contributed by atoms with van der Waals surface area (Å²) in [4.78, 5) is 16.6. The number of alkyl halides is 24. The van der Waals surface area contributed by atoms with Crippen LogP contribution in [0.2, 0.25) is 0 Å². The molecular weight excluding hydrogens is 1110 g/mol. The molecule has 3 nitrogen and oxygen atoms in total. The Hall–Kier alpha value is -7.03. The molecule has 1 heterocycles. The molecule has 0 radical (unpaired) electrons. The van der Waals surface area contributed by atoms with Crippen LogP contribution >= 0.6 is 0 Å². The molecule has 5 aromatic carbocycles. The van der Waals surface area contributed by atoms with E-state index in [0.29, 0.717) is 6.54 Å². The average molecular weight is 1140 g/mol. The monoisotopic (exact) mass is 1140 g/mol. The average Bonchev–Trinajstić information content (AvgIpc) is 3.36. The molecule has 0 amide bonds. The zero-order valence-corrected chi connectivity index (χ0v) is 38.6. The molecule has 0 aliphatic heterocycles. The second-order valence-electron chi connectivity index (χ2n) is 17.6. The second-order valence-corrected chi connectivity index (χ2v) is 17.6. The van der Waals surface area contributed by atoms with Crippen LogP contribution in [0.15, 0.2) is 128 Å². The molecule has 418 valence electrons. The van der Waals surface area contributed by atoms with Gasteiger partial charge in [0.15, 0.2) is 6.20 Å². The van der Waals surface area contributed by atoms with Crippen molar-refractivity contribution in [3.63, 3.8) is 0 Å². The number of halogens is 24. The summed E-state index contributed by atoms with van der Waals surface area (Å²) in [6.07, 6.45) is -42.3. The minimum atomic E-state index is -6.13. The largest absolute Gasteiger partial charge is 0.416 e. The fourth-order valence-electron chi connectivity index (χ4n) is 8.80. The number of carbonyl (C=O) groups is 1. The van der Waals surface area contributed by atoms with E-state index in [1.807, 2.05) is 47.3 Å². The van der Waals surface area contributed by atoms with Crippen LogP contribution < -0.4 is 26.4 Å². The summed E-state index contributed by atoms with van der Waals surface area (Å²) in [5.41, 5.74) is -27.1. The lowest BCUT2D eigenvalue weighted by Crippen LogP contribution is -2.75. The van der Waals surface area contributed by atoms with Gasteiger partial charge in [0.1, 0.15) is 6.15 Å². The number of hydrogen-bond donors (Lipinski definition) is 0. The molecule has 1 aliphatic carbocycles. The van der Waals surface area contributed by atoms with Crippen molar-refractivity contribution in [3.05, 3.63) is 184 Å². The number of rotatable bonds is 8. The van der Waals surface area contributed by atoms with Crippen LogP contribution in [0.3, 0.4) is 0 Å². The van der Waals surface area contributed by atoms with Crippen LogP contribution in [0.5, 0.6) is 0 Å². The van der Waals surface area contributed by atoms with E-state index in [2.05, 4.69) is 11.1 Å². The highest BCUT2D eigenvalue weighted by Crippen LogP contribution is 2.41. The van der Waals surface area contributed by atoms with Crippen molar-refractivity contribution >= 4 is 39.4 Å². The highest BCUT2D eigenvalue weighted by Gasteiger charge is 2.47. The molecule has 0 bridgehead atoms. The van der Waals surface area contributed by atoms with Gasteiger partial charge < -0.3 is 0 Å². The quantitative estimate of drug-likeness (QED) is 0.0659. The first-order valence-electron chi connectivity index (χ1n) is 22.1. The Morgan fingerprint density at radius 3 is 1.01 bits per heavy atom. The first kappa shape index (κ1) is 60.2. The van der Waals surface area contributed by atoms with Crippen LogP contribution in [-0.4, -0.2) is 16.9 Å². The molecule has 0 saturated carbocycles. The summed E-state index contributed by atoms with van der Waals surface area (Å²) in [7, 11) is 0. The second kappa shape index (κ2) is 21.3. The fraction of sp³-hybridized carbons (Fsp3) is 0.260. The van der Waals surface area contributed by atoms with E-state index in [4.69, 9.17) is 0 Å².